The summed E-state index contributed by atoms with van der Waals surface area (Å²) in [4.78, 5) is 0. The predicted octanol–water partition coefficient (Wildman–Crippen LogP) is 12.2. The normalized spacial score (nSPS) is 11.6. The van der Waals surface area contributed by atoms with Crippen LogP contribution < -0.4 is 0 Å². The number of nitrogens with zero attached hydrogens (tertiary/aromatic N) is 1. The van der Waals surface area contributed by atoms with Crippen molar-refractivity contribution in [1.82, 2.24) is 4.57 Å². The van der Waals surface area contributed by atoms with Crippen molar-refractivity contribution in [3.63, 3.8) is 0 Å². The molecule has 0 saturated heterocycles. The first-order valence-corrected chi connectivity index (χ1v) is 15.9. The SMILES string of the molecule is C=C/C=C\Cc1cccc(-c2ccc3c4ccc5cc(-c6ccc(-c7ccccc7)cc6)ccc5c4n(-c4ccccc4)c3c2)c1. The Morgan fingerprint density at radius 3 is 1.83 bits per heavy atom. The lowest BCUT2D eigenvalue weighted by Crippen LogP contribution is -1.94. The Balaban J connectivity index is 1.27. The van der Waals surface area contributed by atoms with Crippen LogP contribution in [0.25, 0.3) is 71.6 Å². The summed E-state index contributed by atoms with van der Waals surface area (Å²) in [6.07, 6.45) is 6.87. The molecule has 0 spiro atoms. The Morgan fingerprint density at radius 1 is 0.478 bits per heavy atom. The first kappa shape index (κ1) is 27.6. The van der Waals surface area contributed by atoms with Crippen molar-refractivity contribution >= 4 is 32.6 Å². The number of benzene rings is 7. The fourth-order valence-electron chi connectivity index (χ4n) is 6.70. The van der Waals surface area contributed by atoms with Crippen LogP contribution in [0.1, 0.15) is 5.56 Å². The van der Waals surface area contributed by atoms with Gasteiger partial charge in [0.05, 0.1) is 11.0 Å². The quantitative estimate of drug-likeness (QED) is 0.163. The number of fused-ring (bicyclic) bond motifs is 5. The summed E-state index contributed by atoms with van der Waals surface area (Å²) >= 11 is 0. The van der Waals surface area contributed by atoms with E-state index in [9.17, 15) is 0 Å². The number of rotatable bonds is 7. The Hall–Kier alpha value is -5.92. The zero-order valence-corrected chi connectivity index (χ0v) is 25.6. The van der Waals surface area contributed by atoms with Crippen LogP contribution in [0.5, 0.6) is 0 Å². The number of aromatic nitrogens is 1. The predicted molar refractivity (Wildman–Crippen MR) is 198 cm³/mol. The Kier molecular flexibility index (Phi) is 7.13. The van der Waals surface area contributed by atoms with E-state index in [-0.39, 0.29) is 0 Å². The van der Waals surface area contributed by atoms with Gasteiger partial charge in [-0.2, -0.15) is 0 Å². The minimum absolute atomic E-state index is 0.886. The van der Waals surface area contributed by atoms with Crippen molar-refractivity contribution in [2.75, 3.05) is 0 Å². The lowest BCUT2D eigenvalue weighted by Gasteiger charge is -2.12. The second-order valence-corrected chi connectivity index (χ2v) is 11.8. The second kappa shape index (κ2) is 11.9. The highest BCUT2D eigenvalue weighted by molar-refractivity contribution is 6.19. The molecule has 0 unspecified atom stereocenters. The molecule has 0 radical (unpaired) electrons. The van der Waals surface area contributed by atoms with Crippen LogP contribution in [-0.2, 0) is 6.42 Å². The zero-order chi connectivity index (χ0) is 30.9. The van der Waals surface area contributed by atoms with Gasteiger partial charge in [0.25, 0.3) is 0 Å². The van der Waals surface area contributed by atoms with Crippen LogP contribution in [0.3, 0.4) is 0 Å². The Labute approximate surface area is 270 Å². The molecule has 0 amide bonds. The molecule has 0 fully saturated rings. The molecule has 8 rings (SSSR count). The van der Waals surface area contributed by atoms with E-state index in [1.54, 1.807) is 0 Å². The largest absolute Gasteiger partial charge is 0.309 e. The van der Waals surface area contributed by atoms with Crippen molar-refractivity contribution < 1.29 is 0 Å². The van der Waals surface area contributed by atoms with E-state index in [2.05, 4.69) is 175 Å². The van der Waals surface area contributed by atoms with E-state index in [1.807, 2.05) is 12.2 Å². The summed E-state index contributed by atoms with van der Waals surface area (Å²) in [6.45, 7) is 3.80. The average Bonchev–Trinajstić information content (AvgIpc) is 3.46. The summed E-state index contributed by atoms with van der Waals surface area (Å²) in [5, 5.41) is 5.01. The first-order chi connectivity index (χ1) is 22.8. The molecule has 0 atom stereocenters. The van der Waals surface area contributed by atoms with Gasteiger partial charge in [0.1, 0.15) is 0 Å². The third kappa shape index (κ3) is 5.02. The van der Waals surface area contributed by atoms with Gasteiger partial charge in [0, 0.05) is 21.8 Å². The fraction of sp³-hybridized carbons (Fsp3) is 0.0222. The molecule has 0 aliphatic heterocycles. The topological polar surface area (TPSA) is 4.93 Å². The van der Waals surface area contributed by atoms with Gasteiger partial charge in [-0.3, -0.25) is 0 Å². The molecule has 1 heteroatoms. The second-order valence-electron chi connectivity index (χ2n) is 11.8. The van der Waals surface area contributed by atoms with Gasteiger partial charge in [-0.1, -0.05) is 158 Å². The maximum atomic E-state index is 3.80. The standard InChI is InChI=1S/C45H33N/c1-2-3-6-12-32-13-11-16-36(29-32)38-24-27-42-43-28-25-39-30-37(35-21-19-34(20-22-35)33-14-7-4-8-15-33)23-26-41(39)45(43)46(44(42)31-38)40-17-9-5-10-18-40/h2-11,13-31H,1,12H2/b6-3-. The molecule has 0 N–H and O–H groups in total. The average molecular weight is 588 g/mol. The molecule has 218 valence electrons. The van der Waals surface area contributed by atoms with Crippen LogP contribution in [0.4, 0.5) is 0 Å². The third-order valence-corrected chi connectivity index (χ3v) is 8.97. The summed E-state index contributed by atoms with van der Waals surface area (Å²) in [7, 11) is 0. The summed E-state index contributed by atoms with van der Waals surface area (Å²) in [5.41, 5.74) is 12.3. The van der Waals surface area contributed by atoms with Crippen LogP contribution >= 0.6 is 0 Å². The molecule has 1 heterocycles. The van der Waals surface area contributed by atoms with Crippen LogP contribution in [-0.4, -0.2) is 4.57 Å². The summed E-state index contributed by atoms with van der Waals surface area (Å²) in [6, 6.07) is 57.5. The van der Waals surface area contributed by atoms with Crippen molar-refractivity contribution in [3.8, 4) is 39.1 Å². The molecule has 8 aromatic rings. The monoisotopic (exact) mass is 587 g/mol. The van der Waals surface area contributed by atoms with Gasteiger partial charge >= 0.3 is 0 Å². The molecule has 0 bridgehead atoms. The van der Waals surface area contributed by atoms with Crippen molar-refractivity contribution in [2.45, 2.75) is 6.42 Å². The molecule has 1 nitrogen and oxygen atoms in total. The minimum Gasteiger partial charge on any atom is -0.309 e. The lowest BCUT2D eigenvalue weighted by molar-refractivity contribution is 1.19. The van der Waals surface area contributed by atoms with Gasteiger partial charge in [-0.15, -0.1) is 0 Å². The maximum Gasteiger partial charge on any atom is 0.0619 e. The van der Waals surface area contributed by atoms with Crippen LogP contribution in [0, 0.1) is 0 Å². The molecule has 0 aliphatic carbocycles. The molecule has 0 saturated carbocycles. The third-order valence-electron chi connectivity index (χ3n) is 8.97. The molecule has 1 aromatic heterocycles. The fourth-order valence-corrected chi connectivity index (χ4v) is 6.70. The highest BCUT2D eigenvalue weighted by Crippen LogP contribution is 2.39. The van der Waals surface area contributed by atoms with Gasteiger partial charge in [-0.05, 0) is 75.0 Å². The first-order valence-electron chi connectivity index (χ1n) is 15.9. The van der Waals surface area contributed by atoms with E-state index in [0.717, 1.165) is 12.1 Å². The Morgan fingerprint density at radius 2 is 1.07 bits per heavy atom. The van der Waals surface area contributed by atoms with E-state index < -0.39 is 0 Å². The summed E-state index contributed by atoms with van der Waals surface area (Å²) in [5.74, 6) is 0. The maximum absolute atomic E-state index is 3.80. The molecular weight excluding hydrogens is 555 g/mol. The molecular formula is C45H33N. The lowest BCUT2D eigenvalue weighted by atomic mass is 9.97. The van der Waals surface area contributed by atoms with Gasteiger partial charge in [0.15, 0.2) is 0 Å². The van der Waals surface area contributed by atoms with Gasteiger partial charge in [-0.25, -0.2) is 0 Å². The number of allylic oxidation sites excluding steroid dienone is 3. The molecule has 7 aromatic carbocycles. The summed E-state index contributed by atoms with van der Waals surface area (Å²) < 4.78 is 2.45. The molecule has 0 aliphatic rings. The number of hydrogen-bond donors (Lipinski definition) is 0. The highest BCUT2D eigenvalue weighted by atomic mass is 15.0. The highest BCUT2D eigenvalue weighted by Gasteiger charge is 2.16. The molecule has 46 heavy (non-hydrogen) atoms. The zero-order valence-electron chi connectivity index (χ0n) is 25.6. The van der Waals surface area contributed by atoms with Crippen LogP contribution in [0.15, 0.2) is 183 Å². The van der Waals surface area contributed by atoms with E-state index >= 15 is 0 Å². The Bertz CT molecular complexity index is 2370. The van der Waals surface area contributed by atoms with Crippen LogP contribution in [0.2, 0.25) is 0 Å². The van der Waals surface area contributed by atoms with Crippen molar-refractivity contribution in [2.24, 2.45) is 0 Å². The van der Waals surface area contributed by atoms with Gasteiger partial charge in [0.2, 0.25) is 0 Å². The van der Waals surface area contributed by atoms with E-state index in [4.69, 9.17) is 0 Å². The number of para-hydroxylation sites is 1. The smallest absolute Gasteiger partial charge is 0.0619 e. The van der Waals surface area contributed by atoms with Gasteiger partial charge < -0.3 is 4.57 Å². The van der Waals surface area contributed by atoms with E-state index in [0.29, 0.717) is 0 Å². The minimum atomic E-state index is 0.886. The number of hydrogen-bond acceptors (Lipinski definition) is 0. The van der Waals surface area contributed by atoms with Crippen molar-refractivity contribution in [1.29, 1.82) is 0 Å². The van der Waals surface area contributed by atoms with Crippen molar-refractivity contribution in [3.05, 3.63) is 188 Å². The van der Waals surface area contributed by atoms with E-state index in [1.165, 1.54) is 71.5 Å².